The quantitative estimate of drug-likeness (QED) is 0.787. The van der Waals surface area contributed by atoms with E-state index in [4.69, 9.17) is 0 Å². The fourth-order valence-electron chi connectivity index (χ4n) is 2.15. The van der Waals surface area contributed by atoms with Gasteiger partial charge in [0.15, 0.2) is 0 Å². The van der Waals surface area contributed by atoms with Crippen LogP contribution >= 0.6 is 0 Å². The molecule has 2 heterocycles. The summed E-state index contributed by atoms with van der Waals surface area (Å²) in [4.78, 5) is 13.0. The smallest absolute Gasteiger partial charge is 0.0746 e. The molecule has 0 bridgehead atoms. The predicted molar refractivity (Wildman–Crippen MR) is 79.1 cm³/mol. The van der Waals surface area contributed by atoms with E-state index >= 15 is 0 Å². The molecule has 0 unspecified atom stereocenters. The molecular formula is C16H16N4. The Morgan fingerprint density at radius 2 is 1.85 bits per heavy atom. The van der Waals surface area contributed by atoms with Gasteiger partial charge in [-0.05, 0) is 18.6 Å². The van der Waals surface area contributed by atoms with Gasteiger partial charge in [-0.3, -0.25) is 15.0 Å². The van der Waals surface area contributed by atoms with Gasteiger partial charge in [0.25, 0.3) is 0 Å². The molecule has 3 aromatic rings. The van der Waals surface area contributed by atoms with Gasteiger partial charge in [-0.2, -0.15) is 0 Å². The molecule has 0 aliphatic heterocycles. The second-order valence-electron chi connectivity index (χ2n) is 4.74. The highest BCUT2D eigenvalue weighted by molar-refractivity contribution is 5.81. The molecule has 0 radical (unpaired) electrons. The number of rotatable bonds is 4. The van der Waals surface area contributed by atoms with Gasteiger partial charge in [-0.1, -0.05) is 24.3 Å². The predicted octanol–water partition coefficient (Wildman–Crippen LogP) is 2.62. The molecule has 0 aliphatic rings. The van der Waals surface area contributed by atoms with Crippen LogP contribution in [0.15, 0.2) is 48.9 Å². The Bertz CT molecular complexity index is 702. The highest BCUT2D eigenvalue weighted by Crippen LogP contribution is 2.15. The Kier molecular flexibility index (Phi) is 3.65. The van der Waals surface area contributed by atoms with Gasteiger partial charge in [0.2, 0.25) is 0 Å². The molecule has 4 heteroatoms. The second-order valence-corrected chi connectivity index (χ2v) is 4.74. The van der Waals surface area contributed by atoms with Crippen molar-refractivity contribution in [3.8, 4) is 0 Å². The summed E-state index contributed by atoms with van der Waals surface area (Å²) >= 11 is 0. The minimum absolute atomic E-state index is 0.705. The number of aromatic nitrogens is 3. The Hall–Kier alpha value is -2.33. The normalized spacial score (nSPS) is 10.8. The molecule has 20 heavy (non-hydrogen) atoms. The number of para-hydroxylation sites is 1. The van der Waals surface area contributed by atoms with E-state index in [-0.39, 0.29) is 0 Å². The summed E-state index contributed by atoms with van der Waals surface area (Å²) in [5, 5.41) is 4.56. The lowest BCUT2D eigenvalue weighted by atomic mass is 10.1. The molecule has 3 rings (SSSR count). The lowest BCUT2D eigenvalue weighted by Crippen LogP contribution is -2.14. The lowest BCUT2D eigenvalue weighted by Gasteiger charge is -2.07. The van der Waals surface area contributed by atoms with Crippen molar-refractivity contribution in [2.45, 2.75) is 20.0 Å². The number of fused-ring (bicyclic) bond motifs is 1. The first-order valence-electron chi connectivity index (χ1n) is 6.64. The summed E-state index contributed by atoms with van der Waals surface area (Å²) in [5.41, 5.74) is 4.14. The van der Waals surface area contributed by atoms with Crippen LogP contribution in [0, 0.1) is 6.92 Å². The zero-order valence-electron chi connectivity index (χ0n) is 11.4. The van der Waals surface area contributed by atoms with Crippen molar-refractivity contribution >= 4 is 10.9 Å². The molecule has 0 saturated carbocycles. The third kappa shape index (κ3) is 2.81. The maximum atomic E-state index is 4.45. The van der Waals surface area contributed by atoms with Crippen molar-refractivity contribution in [2.24, 2.45) is 0 Å². The van der Waals surface area contributed by atoms with Crippen molar-refractivity contribution in [3.63, 3.8) is 0 Å². The first kappa shape index (κ1) is 12.7. The van der Waals surface area contributed by atoms with Gasteiger partial charge in [-0.25, -0.2) is 0 Å². The third-order valence-electron chi connectivity index (χ3n) is 3.17. The fourth-order valence-corrected chi connectivity index (χ4v) is 2.15. The molecule has 0 fully saturated rings. The number of benzene rings is 1. The molecule has 0 atom stereocenters. The summed E-state index contributed by atoms with van der Waals surface area (Å²) in [6, 6.07) is 10.3. The summed E-state index contributed by atoms with van der Waals surface area (Å²) in [6.45, 7) is 3.41. The Labute approximate surface area is 117 Å². The molecule has 1 N–H and O–H groups in total. The molecule has 4 nitrogen and oxygen atoms in total. The summed E-state index contributed by atoms with van der Waals surface area (Å²) in [7, 11) is 0. The van der Waals surface area contributed by atoms with Crippen molar-refractivity contribution in [2.75, 3.05) is 0 Å². The van der Waals surface area contributed by atoms with E-state index in [1.807, 2.05) is 25.4 Å². The van der Waals surface area contributed by atoms with E-state index in [9.17, 15) is 0 Å². The standard InChI is InChI=1S/C16H16N4/c1-12-8-20-15(11-19-12)10-17-9-14-5-2-4-13-6-3-7-18-16(13)14/h2-8,11,17H,9-10H2,1H3. The van der Waals surface area contributed by atoms with Gasteiger partial charge in [0.1, 0.15) is 0 Å². The van der Waals surface area contributed by atoms with E-state index in [0.29, 0.717) is 6.54 Å². The first-order valence-corrected chi connectivity index (χ1v) is 6.64. The van der Waals surface area contributed by atoms with E-state index in [1.165, 1.54) is 10.9 Å². The molecule has 0 spiro atoms. The highest BCUT2D eigenvalue weighted by atomic mass is 14.9. The van der Waals surface area contributed by atoms with Crippen LogP contribution in [0.3, 0.4) is 0 Å². The van der Waals surface area contributed by atoms with Gasteiger partial charge in [0.05, 0.1) is 16.9 Å². The maximum absolute atomic E-state index is 4.45. The van der Waals surface area contributed by atoms with Crippen LogP contribution in [0.25, 0.3) is 10.9 Å². The number of hydrogen-bond acceptors (Lipinski definition) is 4. The van der Waals surface area contributed by atoms with Gasteiger partial charge in [-0.15, -0.1) is 0 Å². The van der Waals surface area contributed by atoms with Gasteiger partial charge < -0.3 is 5.32 Å². The van der Waals surface area contributed by atoms with Crippen LogP contribution in [0.4, 0.5) is 0 Å². The molecule has 0 amide bonds. The number of hydrogen-bond donors (Lipinski definition) is 1. The lowest BCUT2D eigenvalue weighted by molar-refractivity contribution is 0.678. The molecule has 2 aromatic heterocycles. The van der Waals surface area contributed by atoms with Crippen LogP contribution in [-0.4, -0.2) is 15.0 Å². The number of nitrogens with one attached hydrogen (secondary N) is 1. The number of aryl methyl sites for hydroxylation is 1. The monoisotopic (exact) mass is 264 g/mol. The highest BCUT2D eigenvalue weighted by Gasteiger charge is 2.01. The average Bonchev–Trinajstić information content (AvgIpc) is 2.49. The third-order valence-corrected chi connectivity index (χ3v) is 3.17. The molecule has 1 aromatic carbocycles. The van der Waals surface area contributed by atoms with Crippen molar-refractivity contribution in [1.29, 1.82) is 0 Å². The maximum Gasteiger partial charge on any atom is 0.0746 e. The Morgan fingerprint density at radius 3 is 2.70 bits per heavy atom. The zero-order chi connectivity index (χ0) is 13.8. The molecule has 0 aliphatic carbocycles. The van der Waals surface area contributed by atoms with Crippen molar-refractivity contribution in [1.82, 2.24) is 20.3 Å². The first-order chi connectivity index (χ1) is 9.83. The molecule has 0 saturated heterocycles. The number of pyridine rings is 1. The van der Waals surface area contributed by atoms with Crippen LogP contribution in [0.5, 0.6) is 0 Å². The minimum atomic E-state index is 0.705. The SMILES string of the molecule is Cc1cnc(CNCc2cccc3cccnc23)cn1. The topological polar surface area (TPSA) is 50.7 Å². The van der Waals surface area contributed by atoms with E-state index in [1.54, 1.807) is 6.20 Å². The molecular weight excluding hydrogens is 248 g/mol. The summed E-state index contributed by atoms with van der Waals surface area (Å²) in [6.07, 6.45) is 5.43. The van der Waals surface area contributed by atoms with Crippen LogP contribution in [0.2, 0.25) is 0 Å². The van der Waals surface area contributed by atoms with Gasteiger partial charge >= 0.3 is 0 Å². The van der Waals surface area contributed by atoms with Crippen LogP contribution in [0.1, 0.15) is 17.0 Å². The largest absolute Gasteiger partial charge is 0.307 e. The Morgan fingerprint density at radius 1 is 0.950 bits per heavy atom. The van der Waals surface area contributed by atoms with Crippen LogP contribution in [-0.2, 0) is 13.1 Å². The summed E-state index contributed by atoms with van der Waals surface area (Å²) < 4.78 is 0. The van der Waals surface area contributed by atoms with Gasteiger partial charge in [0, 0.05) is 37.1 Å². The molecule has 100 valence electrons. The second kappa shape index (κ2) is 5.75. The van der Waals surface area contributed by atoms with E-state index < -0.39 is 0 Å². The fraction of sp³-hybridized carbons (Fsp3) is 0.188. The van der Waals surface area contributed by atoms with E-state index in [2.05, 4.69) is 44.5 Å². The Balaban J connectivity index is 1.69. The minimum Gasteiger partial charge on any atom is -0.307 e. The van der Waals surface area contributed by atoms with Crippen molar-refractivity contribution < 1.29 is 0 Å². The number of nitrogens with zero attached hydrogens (tertiary/aromatic N) is 3. The average molecular weight is 264 g/mol. The van der Waals surface area contributed by atoms with Crippen LogP contribution < -0.4 is 5.32 Å². The zero-order valence-corrected chi connectivity index (χ0v) is 11.4. The van der Waals surface area contributed by atoms with Crippen molar-refractivity contribution in [3.05, 3.63) is 65.9 Å². The van der Waals surface area contributed by atoms with E-state index in [0.717, 1.165) is 23.4 Å². The summed E-state index contributed by atoms with van der Waals surface area (Å²) in [5.74, 6) is 0.